The van der Waals surface area contributed by atoms with Crippen molar-refractivity contribution in [2.45, 2.75) is 32.8 Å². The number of amides is 1. The Labute approximate surface area is 159 Å². The molecule has 2 N–H and O–H groups in total. The summed E-state index contributed by atoms with van der Waals surface area (Å²) in [5, 5.41) is 17.4. The van der Waals surface area contributed by atoms with Crippen molar-refractivity contribution in [3.05, 3.63) is 77.2 Å². The van der Waals surface area contributed by atoms with Gasteiger partial charge in [0, 0.05) is 5.56 Å². The van der Waals surface area contributed by atoms with E-state index >= 15 is 0 Å². The minimum Gasteiger partial charge on any atom is -0.384 e. The first-order valence-corrected chi connectivity index (χ1v) is 8.93. The third kappa shape index (κ3) is 4.44. The predicted molar refractivity (Wildman–Crippen MR) is 104 cm³/mol. The minimum absolute atomic E-state index is 0.125. The molecule has 0 bridgehead atoms. The van der Waals surface area contributed by atoms with Crippen LogP contribution in [-0.2, 0) is 16.8 Å². The predicted octanol–water partition coefficient (Wildman–Crippen LogP) is 3.52. The van der Waals surface area contributed by atoms with Crippen molar-refractivity contribution in [2.24, 2.45) is 0 Å². The quantitative estimate of drug-likeness (QED) is 0.702. The maximum absolute atomic E-state index is 12.2. The highest BCUT2D eigenvalue weighted by atomic mass is 16.5. The Kier molecular flexibility index (Phi) is 5.42. The summed E-state index contributed by atoms with van der Waals surface area (Å²) in [6, 6.07) is 17.8. The van der Waals surface area contributed by atoms with Crippen LogP contribution in [0.1, 0.15) is 29.5 Å². The SMILES string of the molecule is Cc1noc(C)c1CC(=O)NC[C@](C)(O)c1ccc(-c2ccccc2)cc1. The number of carbonyl (C=O) groups is 1. The van der Waals surface area contributed by atoms with E-state index in [9.17, 15) is 9.90 Å². The zero-order valence-electron chi connectivity index (χ0n) is 15.8. The molecule has 0 spiro atoms. The topological polar surface area (TPSA) is 75.4 Å². The Morgan fingerprint density at radius 1 is 1.07 bits per heavy atom. The molecule has 1 heterocycles. The molecule has 0 aliphatic rings. The number of nitrogens with zero attached hydrogens (tertiary/aromatic N) is 1. The van der Waals surface area contributed by atoms with E-state index in [4.69, 9.17) is 4.52 Å². The van der Waals surface area contributed by atoms with E-state index in [1.807, 2.05) is 61.5 Å². The molecule has 27 heavy (non-hydrogen) atoms. The number of benzene rings is 2. The molecule has 2 aromatic carbocycles. The van der Waals surface area contributed by atoms with Crippen molar-refractivity contribution in [1.82, 2.24) is 10.5 Å². The third-order valence-corrected chi connectivity index (χ3v) is 4.76. The number of hydrogen-bond acceptors (Lipinski definition) is 4. The summed E-state index contributed by atoms with van der Waals surface area (Å²) >= 11 is 0. The van der Waals surface area contributed by atoms with E-state index in [-0.39, 0.29) is 18.9 Å². The number of aryl methyl sites for hydroxylation is 2. The van der Waals surface area contributed by atoms with Crippen LogP contribution in [0, 0.1) is 13.8 Å². The van der Waals surface area contributed by atoms with Crippen LogP contribution in [0.5, 0.6) is 0 Å². The zero-order chi connectivity index (χ0) is 19.4. The van der Waals surface area contributed by atoms with E-state index in [1.165, 1.54) is 0 Å². The van der Waals surface area contributed by atoms with Crippen LogP contribution in [0.4, 0.5) is 0 Å². The highest BCUT2D eigenvalue weighted by Crippen LogP contribution is 2.25. The number of rotatable bonds is 6. The van der Waals surface area contributed by atoms with Crippen LogP contribution in [0.2, 0.25) is 0 Å². The molecule has 0 saturated heterocycles. The fourth-order valence-corrected chi connectivity index (χ4v) is 3.00. The summed E-state index contributed by atoms with van der Waals surface area (Å²) in [7, 11) is 0. The van der Waals surface area contributed by atoms with Gasteiger partial charge in [-0.25, -0.2) is 0 Å². The number of aliphatic hydroxyl groups is 1. The van der Waals surface area contributed by atoms with Crippen molar-refractivity contribution in [3.8, 4) is 11.1 Å². The fraction of sp³-hybridized carbons (Fsp3) is 0.273. The molecule has 5 heteroatoms. The lowest BCUT2D eigenvalue weighted by atomic mass is 9.93. The summed E-state index contributed by atoms with van der Waals surface area (Å²) in [6.07, 6.45) is 0.185. The highest BCUT2D eigenvalue weighted by molar-refractivity contribution is 5.79. The number of carbonyl (C=O) groups excluding carboxylic acids is 1. The molecule has 140 valence electrons. The van der Waals surface area contributed by atoms with Gasteiger partial charge in [0.2, 0.25) is 5.91 Å². The van der Waals surface area contributed by atoms with Crippen LogP contribution in [0.25, 0.3) is 11.1 Å². The van der Waals surface area contributed by atoms with Gasteiger partial charge in [-0.2, -0.15) is 0 Å². The smallest absolute Gasteiger partial charge is 0.224 e. The molecule has 0 radical (unpaired) electrons. The first-order valence-electron chi connectivity index (χ1n) is 8.93. The molecule has 1 aromatic heterocycles. The Balaban J connectivity index is 1.63. The van der Waals surface area contributed by atoms with Crippen LogP contribution in [0.3, 0.4) is 0 Å². The summed E-state index contributed by atoms with van der Waals surface area (Å²) in [5.74, 6) is 0.469. The van der Waals surface area contributed by atoms with Gasteiger partial charge in [-0.05, 0) is 37.5 Å². The number of hydrogen-bond donors (Lipinski definition) is 2. The second kappa shape index (κ2) is 7.76. The molecule has 5 nitrogen and oxygen atoms in total. The van der Waals surface area contributed by atoms with Gasteiger partial charge in [0.1, 0.15) is 11.4 Å². The highest BCUT2D eigenvalue weighted by Gasteiger charge is 2.24. The maximum atomic E-state index is 12.2. The molecule has 0 saturated carbocycles. The monoisotopic (exact) mass is 364 g/mol. The summed E-state index contributed by atoms with van der Waals surface area (Å²) in [6.45, 7) is 5.41. The normalized spacial score (nSPS) is 13.2. The van der Waals surface area contributed by atoms with Gasteiger partial charge in [0.05, 0.1) is 18.7 Å². The van der Waals surface area contributed by atoms with Crippen molar-refractivity contribution < 1.29 is 14.4 Å². The first-order chi connectivity index (χ1) is 12.9. The van der Waals surface area contributed by atoms with E-state index in [2.05, 4.69) is 10.5 Å². The van der Waals surface area contributed by atoms with E-state index < -0.39 is 5.60 Å². The van der Waals surface area contributed by atoms with Crippen LogP contribution < -0.4 is 5.32 Å². The van der Waals surface area contributed by atoms with E-state index in [0.717, 1.165) is 22.3 Å². The Hall–Kier alpha value is -2.92. The fourth-order valence-electron chi connectivity index (χ4n) is 3.00. The van der Waals surface area contributed by atoms with Crippen LogP contribution in [-0.4, -0.2) is 22.7 Å². The van der Waals surface area contributed by atoms with Crippen molar-refractivity contribution in [1.29, 1.82) is 0 Å². The molecule has 0 fully saturated rings. The van der Waals surface area contributed by atoms with E-state index in [0.29, 0.717) is 11.5 Å². The average Bonchev–Trinajstić information content (AvgIpc) is 2.99. The van der Waals surface area contributed by atoms with Gasteiger partial charge in [0.15, 0.2) is 0 Å². The third-order valence-electron chi connectivity index (χ3n) is 4.76. The Bertz CT molecular complexity index is 893. The lowest BCUT2D eigenvalue weighted by Crippen LogP contribution is -2.39. The largest absolute Gasteiger partial charge is 0.384 e. The second-order valence-corrected chi connectivity index (χ2v) is 6.97. The number of aromatic nitrogens is 1. The zero-order valence-corrected chi connectivity index (χ0v) is 15.8. The van der Waals surface area contributed by atoms with Gasteiger partial charge in [0.25, 0.3) is 0 Å². The Morgan fingerprint density at radius 3 is 2.30 bits per heavy atom. The number of nitrogens with one attached hydrogen (secondary N) is 1. The summed E-state index contributed by atoms with van der Waals surface area (Å²) < 4.78 is 5.08. The van der Waals surface area contributed by atoms with Crippen LogP contribution in [0.15, 0.2) is 59.1 Å². The molecule has 1 atom stereocenters. The molecular formula is C22H24N2O3. The minimum atomic E-state index is -1.16. The van der Waals surface area contributed by atoms with Gasteiger partial charge in [-0.15, -0.1) is 0 Å². The second-order valence-electron chi connectivity index (χ2n) is 6.97. The average molecular weight is 364 g/mol. The van der Waals surface area contributed by atoms with E-state index in [1.54, 1.807) is 13.8 Å². The summed E-state index contributed by atoms with van der Waals surface area (Å²) in [5.41, 5.74) is 3.29. The molecule has 0 aliphatic heterocycles. The molecule has 0 unspecified atom stereocenters. The van der Waals surface area contributed by atoms with Crippen molar-refractivity contribution in [3.63, 3.8) is 0 Å². The maximum Gasteiger partial charge on any atom is 0.224 e. The first kappa shape index (κ1) is 18.9. The van der Waals surface area contributed by atoms with Crippen LogP contribution >= 0.6 is 0 Å². The molecule has 3 rings (SSSR count). The van der Waals surface area contributed by atoms with Crippen molar-refractivity contribution in [2.75, 3.05) is 6.54 Å². The molecule has 0 aliphatic carbocycles. The van der Waals surface area contributed by atoms with Gasteiger partial charge in [-0.1, -0.05) is 59.8 Å². The standard InChI is InChI=1S/C22H24N2O3/c1-15-20(16(2)27-24-15)13-21(25)23-14-22(3,26)19-11-9-18(10-12-19)17-7-5-4-6-8-17/h4-12,26H,13-14H2,1-3H3,(H,23,25)/t22-/m0/s1. The lowest BCUT2D eigenvalue weighted by molar-refractivity contribution is -0.121. The molecular weight excluding hydrogens is 340 g/mol. The van der Waals surface area contributed by atoms with Gasteiger partial charge in [-0.3, -0.25) is 4.79 Å². The van der Waals surface area contributed by atoms with Gasteiger partial charge < -0.3 is 14.9 Å². The van der Waals surface area contributed by atoms with Crippen molar-refractivity contribution >= 4 is 5.91 Å². The van der Waals surface area contributed by atoms with Gasteiger partial charge >= 0.3 is 0 Å². The molecule has 3 aromatic rings. The Morgan fingerprint density at radius 2 is 1.70 bits per heavy atom. The summed E-state index contributed by atoms with van der Waals surface area (Å²) in [4.78, 5) is 12.2. The lowest BCUT2D eigenvalue weighted by Gasteiger charge is -2.24. The molecule has 1 amide bonds.